The molecule has 6 heteroatoms. The number of hydrogen-bond acceptors (Lipinski definition) is 3. The van der Waals surface area contributed by atoms with Gasteiger partial charge in [0.15, 0.2) is 5.65 Å². The lowest BCUT2D eigenvalue weighted by Gasteiger charge is -2.18. The number of amides is 1. The molecule has 146 valence electrons. The third-order valence-corrected chi connectivity index (χ3v) is 4.54. The molecule has 0 fully saturated rings. The Morgan fingerprint density at radius 1 is 1.14 bits per heavy atom. The number of carbonyl (C=O) groups excluding carboxylic acids is 1. The summed E-state index contributed by atoms with van der Waals surface area (Å²) in [6.07, 6.45) is 5.66. The number of benzene rings is 1. The second-order valence-electron chi connectivity index (χ2n) is 7.78. The van der Waals surface area contributed by atoms with Crippen molar-refractivity contribution in [2.45, 2.75) is 39.2 Å². The maximum atomic E-state index is 12.2. The molecule has 0 saturated heterocycles. The minimum absolute atomic E-state index is 0.114. The van der Waals surface area contributed by atoms with Crippen molar-refractivity contribution in [3.05, 3.63) is 76.3 Å². The van der Waals surface area contributed by atoms with E-state index in [1.54, 1.807) is 24.4 Å². The van der Waals surface area contributed by atoms with Gasteiger partial charge in [-0.1, -0.05) is 51.1 Å². The van der Waals surface area contributed by atoms with Gasteiger partial charge >= 0.3 is 5.69 Å². The SMILES string of the molecule is CC(C)(C)c1ccc(C=CC(=O)NCCCn2nc3ccccn3c2=O)cc1. The van der Waals surface area contributed by atoms with Gasteiger partial charge in [0, 0.05) is 25.4 Å². The molecule has 0 aliphatic rings. The Kier molecular flexibility index (Phi) is 5.78. The third kappa shape index (κ3) is 4.76. The second-order valence-corrected chi connectivity index (χ2v) is 7.78. The van der Waals surface area contributed by atoms with E-state index in [4.69, 9.17) is 0 Å². The highest BCUT2D eigenvalue weighted by Gasteiger charge is 2.12. The first-order valence-corrected chi connectivity index (χ1v) is 9.45. The van der Waals surface area contributed by atoms with E-state index in [2.05, 4.69) is 43.3 Å². The molecule has 2 heterocycles. The molecule has 1 amide bonds. The van der Waals surface area contributed by atoms with Crippen LogP contribution in [0.2, 0.25) is 0 Å². The van der Waals surface area contributed by atoms with E-state index in [0.717, 1.165) is 5.56 Å². The van der Waals surface area contributed by atoms with Crippen molar-refractivity contribution in [2.24, 2.45) is 0 Å². The van der Waals surface area contributed by atoms with Gasteiger partial charge < -0.3 is 5.32 Å². The fourth-order valence-electron chi connectivity index (χ4n) is 2.88. The highest BCUT2D eigenvalue weighted by Crippen LogP contribution is 2.22. The molecular weight excluding hydrogens is 352 g/mol. The third-order valence-electron chi connectivity index (χ3n) is 4.54. The Balaban J connectivity index is 1.47. The van der Waals surface area contributed by atoms with Crippen LogP contribution in [0.15, 0.2) is 59.5 Å². The summed E-state index contributed by atoms with van der Waals surface area (Å²) in [7, 11) is 0. The molecular formula is C22H26N4O2. The van der Waals surface area contributed by atoms with E-state index in [9.17, 15) is 9.59 Å². The molecule has 0 radical (unpaired) electrons. The van der Waals surface area contributed by atoms with E-state index in [1.165, 1.54) is 20.7 Å². The van der Waals surface area contributed by atoms with Crippen LogP contribution in [0, 0.1) is 0 Å². The van der Waals surface area contributed by atoms with Gasteiger partial charge in [-0.25, -0.2) is 9.48 Å². The first-order valence-electron chi connectivity index (χ1n) is 9.45. The van der Waals surface area contributed by atoms with Crippen LogP contribution in [-0.4, -0.2) is 26.6 Å². The van der Waals surface area contributed by atoms with Gasteiger partial charge in [0.25, 0.3) is 0 Å². The lowest BCUT2D eigenvalue weighted by Crippen LogP contribution is -2.26. The van der Waals surface area contributed by atoms with Crippen LogP contribution in [-0.2, 0) is 16.8 Å². The van der Waals surface area contributed by atoms with Crippen molar-refractivity contribution in [1.82, 2.24) is 19.5 Å². The number of nitrogens with zero attached hydrogens (tertiary/aromatic N) is 3. The van der Waals surface area contributed by atoms with Crippen LogP contribution in [0.3, 0.4) is 0 Å². The number of aromatic nitrogens is 3. The highest BCUT2D eigenvalue weighted by atomic mass is 16.2. The van der Waals surface area contributed by atoms with Crippen molar-refractivity contribution >= 4 is 17.6 Å². The van der Waals surface area contributed by atoms with E-state index in [1.807, 2.05) is 18.2 Å². The highest BCUT2D eigenvalue weighted by molar-refractivity contribution is 5.91. The number of carbonyl (C=O) groups is 1. The monoisotopic (exact) mass is 378 g/mol. The average molecular weight is 378 g/mol. The van der Waals surface area contributed by atoms with Crippen molar-refractivity contribution in [2.75, 3.05) is 6.54 Å². The molecule has 28 heavy (non-hydrogen) atoms. The maximum absolute atomic E-state index is 12.2. The van der Waals surface area contributed by atoms with Gasteiger partial charge in [-0.15, -0.1) is 5.10 Å². The molecule has 6 nitrogen and oxygen atoms in total. The fourth-order valence-corrected chi connectivity index (χ4v) is 2.88. The van der Waals surface area contributed by atoms with Crippen molar-refractivity contribution < 1.29 is 4.79 Å². The fraction of sp³-hybridized carbons (Fsp3) is 0.318. The number of fused-ring (bicyclic) bond motifs is 1. The molecule has 0 aliphatic heterocycles. The number of rotatable bonds is 6. The Morgan fingerprint density at radius 3 is 2.57 bits per heavy atom. The van der Waals surface area contributed by atoms with Gasteiger partial charge in [0.2, 0.25) is 5.91 Å². The summed E-state index contributed by atoms with van der Waals surface area (Å²) in [5, 5.41) is 7.11. The molecule has 0 saturated carbocycles. The molecule has 1 aromatic carbocycles. The van der Waals surface area contributed by atoms with E-state index in [-0.39, 0.29) is 17.0 Å². The minimum atomic E-state index is -0.166. The summed E-state index contributed by atoms with van der Waals surface area (Å²) < 4.78 is 2.93. The van der Waals surface area contributed by atoms with Crippen LogP contribution >= 0.6 is 0 Å². The summed E-state index contributed by atoms with van der Waals surface area (Å²) in [6, 6.07) is 13.6. The average Bonchev–Trinajstić information content (AvgIpc) is 2.99. The lowest BCUT2D eigenvalue weighted by atomic mass is 9.87. The molecule has 0 bridgehead atoms. The largest absolute Gasteiger partial charge is 0.352 e. The van der Waals surface area contributed by atoms with Crippen molar-refractivity contribution in [3.63, 3.8) is 0 Å². The predicted octanol–water partition coefficient (Wildman–Crippen LogP) is 3.01. The standard InChI is InChI=1S/C22H26N4O2/c1-22(2,3)18-11-8-17(9-12-18)10-13-20(27)23-14-6-16-26-21(28)25-15-5-4-7-19(25)24-26/h4-5,7-13,15H,6,14,16H2,1-3H3,(H,23,27). The topological polar surface area (TPSA) is 68.4 Å². The number of hydrogen-bond donors (Lipinski definition) is 1. The van der Waals surface area contributed by atoms with Gasteiger partial charge in [-0.3, -0.25) is 9.20 Å². The molecule has 0 spiro atoms. The van der Waals surface area contributed by atoms with Crippen molar-refractivity contribution in [1.29, 1.82) is 0 Å². The summed E-state index contributed by atoms with van der Waals surface area (Å²) in [5.41, 5.74) is 2.82. The van der Waals surface area contributed by atoms with Gasteiger partial charge in [0.05, 0.1) is 0 Å². The summed E-state index contributed by atoms with van der Waals surface area (Å²) in [6.45, 7) is 7.45. The van der Waals surface area contributed by atoms with Crippen LogP contribution in [0.25, 0.3) is 11.7 Å². The van der Waals surface area contributed by atoms with Crippen molar-refractivity contribution in [3.8, 4) is 0 Å². The summed E-state index contributed by atoms with van der Waals surface area (Å²) >= 11 is 0. The van der Waals surface area contributed by atoms with E-state index >= 15 is 0 Å². The predicted molar refractivity (Wildman–Crippen MR) is 111 cm³/mol. The Hall–Kier alpha value is -3.15. The molecule has 1 N–H and O–H groups in total. The number of pyridine rings is 1. The lowest BCUT2D eigenvalue weighted by molar-refractivity contribution is -0.116. The maximum Gasteiger partial charge on any atom is 0.350 e. The minimum Gasteiger partial charge on any atom is -0.352 e. The smallest absolute Gasteiger partial charge is 0.350 e. The number of nitrogens with one attached hydrogen (secondary N) is 1. The first kappa shape index (κ1) is 19.6. The van der Waals surface area contributed by atoms with Crippen LogP contribution in [0.1, 0.15) is 38.3 Å². The van der Waals surface area contributed by atoms with Crippen LogP contribution in [0.5, 0.6) is 0 Å². The second kappa shape index (κ2) is 8.25. The Bertz CT molecular complexity index is 1040. The van der Waals surface area contributed by atoms with Gasteiger partial charge in [-0.2, -0.15) is 0 Å². The molecule has 3 rings (SSSR count). The van der Waals surface area contributed by atoms with Crippen LogP contribution < -0.4 is 11.0 Å². The molecule has 0 atom stereocenters. The Labute approximate surface area is 164 Å². The normalized spacial score (nSPS) is 12.0. The Morgan fingerprint density at radius 2 is 1.89 bits per heavy atom. The zero-order valence-electron chi connectivity index (χ0n) is 16.6. The molecule has 3 aromatic rings. The zero-order chi connectivity index (χ0) is 20.1. The molecule has 0 aliphatic carbocycles. The first-order chi connectivity index (χ1) is 13.3. The molecule has 0 unspecified atom stereocenters. The van der Waals surface area contributed by atoms with Gasteiger partial charge in [-0.05, 0) is 41.2 Å². The quantitative estimate of drug-likeness (QED) is 0.530. The van der Waals surface area contributed by atoms with E-state index < -0.39 is 0 Å². The summed E-state index contributed by atoms with van der Waals surface area (Å²) in [5.74, 6) is -0.151. The van der Waals surface area contributed by atoms with E-state index in [0.29, 0.717) is 25.2 Å². The van der Waals surface area contributed by atoms with Gasteiger partial charge in [0.1, 0.15) is 0 Å². The zero-order valence-corrected chi connectivity index (χ0v) is 16.6. The molecule has 2 aromatic heterocycles. The van der Waals surface area contributed by atoms with Crippen LogP contribution in [0.4, 0.5) is 0 Å². The number of aryl methyl sites for hydroxylation is 1. The summed E-state index contributed by atoms with van der Waals surface area (Å²) in [4.78, 5) is 24.1.